The molecule has 1 fully saturated rings. The van der Waals surface area contributed by atoms with Gasteiger partial charge in [-0.2, -0.15) is 0 Å². The molecule has 13 heavy (non-hydrogen) atoms. The van der Waals surface area contributed by atoms with Crippen molar-refractivity contribution in [2.45, 2.75) is 45.7 Å². The van der Waals surface area contributed by atoms with Crippen LogP contribution in [0, 0.1) is 30.1 Å². The van der Waals surface area contributed by atoms with Gasteiger partial charge in [0, 0.05) is 5.92 Å². The van der Waals surface area contributed by atoms with Gasteiger partial charge in [0.05, 0.1) is 0 Å². The van der Waals surface area contributed by atoms with E-state index >= 15 is 0 Å². The molecule has 0 aliphatic heterocycles. The zero-order valence-corrected chi connectivity index (χ0v) is 8.59. The number of terminal acetylenes is 1. The van der Waals surface area contributed by atoms with Crippen LogP contribution in [-0.2, 0) is 0 Å². The molecule has 0 radical (unpaired) electrons. The molecule has 3 unspecified atom stereocenters. The minimum atomic E-state index is -1.00. The van der Waals surface area contributed by atoms with E-state index in [0.29, 0.717) is 0 Å². The number of rotatable bonds is 3. The molecule has 1 rings (SSSR count). The van der Waals surface area contributed by atoms with E-state index in [-0.39, 0.29) is 5.92 Å². The first-order valence-electron chi connectivity index (χ1n) is 5.23. The summed E-state index contributed by atoms with van der Waals surface area (Å²) in [5.74, 6) is 3.81. The third-order valence-corrected chi connectivity index (χ3v) is 2.96. The van der Waals surface area contributed by atoms with Crippen LogP contribution in [0.5, 0.6) is 0 Å². The smallest absolute Gasteiger partial charge is 0.163 e. The standard InChI is InChI=1S/C12H19F/c1-4-12(13)11-6-5-10(8-11)7-9(2)3/h1,9-12H,5-8H2,2-3H3. The molecule has 0 aromatic carbocycles. The molecule has 0 heterocycles. The fraction of sp³-hybridized carbons (Fsp3) is 0.833. The second kappa shape index (κ2) is 4.65. The molecule has 0 N–H and O–H groups in total. The highest BCUT2D eigenvalue weighted by Crippen LogP contribution is 2.37. The van der Waals surface area contributed by atoms with Gasteiger partial charge in [-0.3, -0.25) is 0 Å². The van der Waals surface area contributed by atoms with E-state index in [0.717, 1.165) is 24.7 Å². The van der Waals surface area contributed by atoms with E-state index in [9.17, 15) is 4.39 Å². The van der Waals surface area contributed by atoms with E-state index < -0.39 is 6.17 Å². The SMILES string of the molecule is C#CC(F)C1CCC(CC(C)C)C1. The van der Waals surface area contributed by atoms with Gasteiger partial charge in [0.1, 0.15) is 0 Å². The maximum atomic E-state index is 13.1. The van der Waals surface area contributed by atoms with Gasteiger partial charge >= 0.3 is 0 Å². The second-order valence-corrected chi connectivity index (χ2v) is 4.64. The average Bonchev–Trinajstić information content (AvgIpc) is 2.50. The minimum absolute atomic E-state index is 0.147. The molecular weight excluding hydrogens is 163 g/mol. The van der Waals surface area contributed by atoms with Crippen LogP contribution >= 0.6 is 0 Å². The Morgan fingerprint density at radius 2 is 2.15 bits per heavy atom. The third kappa shape index (κ3) is 3.03. The number of halogens is 1. The summed E-state index contributed by atoms with van der Waals surface area (Å²) in [5, 5.41) is 0. The Morgan fingerprint density at radius 3 is 2.69 bits per heavy atom. The number of alkyl halides is 1. The molecule has 0 amide bonds. The Labute approximate surface area is 80.9 Å². The molecule has 74 valence electrons. The summed E-state index contributed by atoms with van der Waals surface area (Å²) in [6.45, 7) is 4.45. The van der Waals surface area contributed by atoms with Gasteiger partial charge in [0.15, 0.2) is 6.17 Å². The lowest BCUT2D eigenvalue weighted by molar-refractivity contribution is 0.283. The van der Waals surface area contributed by atoms with Gasteiger partial charge in [0.25, 0.3) is 0 Å². The zero-order chi connectivity index (χ0) is 9.84. The van der Waals surface area contributed by atoms with Crippen molar-refractivity contribution < 1.29 is 4.39 Å². The first-order chi connectivity index (χ1) is 6.13. The highest BCUT2D eigenvalue weighted by atomic mass is 19.1. The largest absolute Gasteiger partial charge is 0.233 e. The topological polar surface area (TPSA) is 0 Å². The van der Waals surface area contributed by atoms with Gasteiger partial charge in [-0.05, 0) is 31.1 Å². The summed E-state index contributed by atoms with van der Waals surface area (Å²) in [7, 11) is 0. The summed E-state index contributed by atoms with van der Waals surface area (Å²) in [4.78, 5) is 0. The highest BCUT2D eigenvalue weighted by Gasteiger charge is 2.29. The van der Waals surface area contributed by atoms with Crippen molar-refractivity contribution in [1.29, 1.82) is 0 Å². The summed E-state index contributed by atoms with van der Waals surface area (Å²) >= 11 is 0. The molecule has 1 aliphatic rings. The zero-order valence-electron chi connectivity index (χ0n) is 8.59. The van der Waals surface area contributed by atoms with Crippen LogP contribution in [0.1, 0.15) is 39.5 Å². The van der Waals surface area contributed by atoms with Gasteiger partial charge in [0.2, 0.25) is 0 Å². The summed E-state index contributed by atoms with van der Waals surface area (Å²) < 4.78 is 13.1. The molecule has 3 atom stereocenters. The fourth-order valence-electron chi connectivity index (χ4n) is 2.40. The lowest BCUT2D eigenvalue weighted by Gasteiger charge is -2.13. The van der Waals surface area contributed by atoms with Crippen LogP contribution in [0.2, 0.25) is 0 Å². The van der Waals surface area contributed by atoms with Crippen LogP contribution in [-0.4, -0.2) is 6.17 Å². The lowest BCUT2D eigenvalue weighted by Crippen LogP contribution is -2.10. The molecule has 0 spiro atoms. The van der Waals surface area contributed by atoms with Crippen LogP contribution in [0.3, 0.4) is 0 Å². The van der Waals surface area contributed by atoms with Gasteiger partial charge in [-0.25, -0.2) is 4.39 Å². The molecule has 0 aromatic rings. The van der Waals surface area contributed by atoms with E-state index in [1.165, 1.54) is 12.8 Å². The predicted molar refractivity (Wildman–Crippen MR) is 54.0 cm³/mol. The van der Waals surface area contributed by atoms with Crippen molar-refractivity contribution in [2.24, 2.45) is 17.8 Å². The molecule has 0 nitrogen and oxygen atoms in total. The number of hydrogen-bond acceptors (Lipinski definition) is 0. The Kier molecular flexibility index (Phi) is 3.78. The minimum Gasteiger partial charge on any atom is -0.233 e. The lowest BCUT2D eigenvalue weighted by atomic mass is 9.94. The average molecular weight is 182 g/mol. The van der Waals surface area contributed by atoms with E-state index in [1.54, 1.807) is 0 Å². The molecular formula is C12H19F. The van der Waals surface area contributed by atoms with Gasteiger partial charge < -0.3 is 0 Å². The summed E-state index contributed by atoms with van der Waals surface area (Å²) in [5.41, 5.74) is 0. The second-order valence-electron chi connectivity index (χ2n) is 4.64. The van der Waals surface area contributed by atoms with E-state index in [1.807, 2.05) is 0 Å². The molecule has 1 saturated carbocycles. The van der Waals surface area contributed by atoms with Gasteiger partial charge in [-0.1, -0.05) is 26.2 Å². The normalized spacial score (nSPS) is 30.4. The third-order valence-electron chi connectivity index (χ3n) is 2.96. The maximum Gasteiger partial charge on any atom is 0.163 e. The molecule has 0 bridgehead atoms. The Hall–Kier alpha value is -0.510. The quantitative estimate of drug-likeness (QED) is 0.587. The summed E-state index contributed by atoms with van der Waals surface area (Å²) in [6, 6.07) is 0. The molecule has 0 aromatic heterocycles. The first kappa shape index (κ1) is 10.6. The van der Waals surface area contributed by atoms with E-state index in [4.69, 9.17) is 6.42 Å². The molecule has 1 aliphatic carbocycles. The monoisotopic (exact) mass is 182 g/mol. The Bertz CT molecular complexity index is 190. The Balaban J connectivity index is 2.33. The van der Waals surface area contributed by atoms with Crippen molar-refractivity contribution >= 4 is 0 Å². The first-order valence-corrected chi connectivity index (χ1v) is 5.23. The number of hydrogen-bond donors (Lipinski definition) is 0. The van der Waals surface area contributed by atoms with Crippen molar-refractivity contribution in [2.75, 3.05) is 0 Å². The van der Waals surface area contributed by atoms with Crippen molar-refractivity contribution in [3.05, 3.63) is 0 Å². The van der Waals surface area contributed by atoms with Crippen LogP contribution in [0.15, 0.2) is 0 Å². The highest BCUT2D eigenvalue weighted by molar-refractivity contribution is 4.99. The van der Waals surface area contributed by atoms with E-state index in [2.05, 4.69) is 19.8 Å². The van der Waals surface area contributed by atoms with Gasteiger partial charge in [-0.15, -0.1) is 6.42 Å². The predicted octanol–water partition coefficient (Wildman–Crippen LogP) is 3.42. The molecule has 0 saturated heterocycles. The Morgan fingerprint density at radius 1 is 1.46 bits per heavy atom. The van der Waals surface area contributed by atoms with Crippen molar-refractivity contribution in [1.82, 2.24) is 0 Å². The summed E-state index contributed by atoms with van der Waals surface area (Å²) in [6.07, 6.45) is 8.46. The maximum absolute atomic E-state index is 13.1. The van der Waals surface area contributed by atoms with Crippen molar-refractivity contribution in [3.63, 3.8) is 0 Å². The van der Waals surface area contributed by atoms with Crippen LogP contribution in [0.25, 0.3) is 0 Å². The van der Waals surface area contributed by atoms with Crippen LogP contribution < -0.4 is 0 Å². The fourth-order valence-corrected chi connectivity index (χ4v) is 2.40. The van der Waals surface area contributed by atoms with Crippen molar-refractivity contribution in [3.8, 4) is 12.3 Å². The van der Waals surface area contributed by atoms with Crippen LogP contribution in [0.4, 0.5) is 4.39 Å². The molecule has 1 heteroatoms.